The molecule has 35 heavy (non-hydrogen) atoms. The van der Waals surface area contributed by atoms with Crippen molar-refractivity contribution in [2.24, 2.45) is 0 Å². The summed E-state index contributed by atoms with van der Waals surface area (Å²) in [5.74, 6) is -0.854. The summed E-state index contributed by atoms with van der Waals surface area (Å²) < 4.78 is 40.6. The minimum atomic E-state index is -3.89. The lowest BCUT2D eigenvalue weighted by Gasteiger charge is -2.23. The van der Waals surface area contributed by atoms with Crippen molar-refractivity contribution in [3.63, 3.8) is 0 Å². The molecular weight excluding hydrogens is 465 g/mol. The van der Waals surface area contributed by atoms with E-state index in [0.717, 1.165) is 39.7 Å². The van der Waals surface area contributed by atoms with Gasteiger partial charge in [-0.15, -0.1) is 0 Å². The molecule has 0 aliphatic carbocycles. The molecular formula is C27H24FN3O3S. The molecule has 6 nitrogen and oxygen atoms in total. The predicted octanol–water partition coefficient (Wildman–Crippen LogP) is 4.51. The largest absolute Gasteiger partial charge is 0.351 e. The summed E-state index contributed by atoms with van der Waals surface area (Å²) in [6.07, 6.45) is 2.86. The number of benzene rings is 3. The number of hydrogen-bond donors (Lipinski definition) is 1. The highest BCUT2D eigenvalue weighted by Gasteiger charge is 2.39. The summed E-state index contributed by atoms with van der Waals surface area (Å²) in [6, 6.07) is 21.7. The van der Waals surface area contributed by atoms with Gasteiger partial charge in [-0.3, -0.25) is 9.78 Å². The molecule has 178 valence electrons. The molecule has 1 aromatic heterocycles. The number of carbonyl (C=O) groups excluding carboxylic acids is 1. The van der Waals surface area contributed by atoms with Crippen molar-refractivity contribution in [1.82, 2.24) is 14.6 Å². The van der Waals surface area contributed by atoms with E-state index in [1.165, 1.54) is 16.4 Å². The van der Waals surface area contributed by atoms with Gasteiger partial charge in [-0.2, -0.15) is 4.31 Å². The molecule has 3 aromatic carbocycles. The Morgan fingerprint density at radius 1 is 1.00 bits per heavy atom. The standard InChI is InChI=1S/C27H24FN3O3S/c28-23-10-12-24(13-11-23)35(33,34)31-14-4-9-26(31)27(32)30-17-19-5-3-7-20(15-19)22-16-21-6-1-2-8-25(21)29-18-22/h1-3,5-8,10-13,15-16,18,26H,4,9,14,17H2,(H,30,32)/t26-/m0/s1. The van der Waals surface area contributed by atoms with Crippen LogP contribution in [0.25, 0.3) is 22.0 Å². The lowest BCUT2D eigenvalue weighted by Crippen LogP contribution is -2.45. The third kappa shape index (κ3) is 4.80. The summed E-state index contributed by atoms with van der Waals surface area (Å²) >= 11 is 0. The van der Waals surface area contributed by atoms with Crippen LogP contribution in [0.4, 0.5) is 4.39 Å². The highest BCUT2D eigenvalue weighted by molar-refractivity contribution is 7.89. The van der Waals surface area contributed by atoms with Gasteiger partial charge < -0.3 is 5.32 Å². The number of carbonyl (C=O) groups is 1. The fraction of sp³-hybridized carbons (Fsp3) is 0.185. The van der Waals surface area contributed by atoms with E-state index < -0.39 is 21.9 Å². The van der Waals surface area contributed by atoms with E-state index in [9.17, 15) is 17.6 Å². The number of rotatable bonds is 6. The highest BCUT2D eigenvalue weighted by atomic mass is 32.2. The summed E-state index contributed by atoms with van der Waals surface area (Å²) in [6.45, 7) is 0.525. The van der Waals surface area contributed by atoms with Crippen LogP contribution in [0.15, 0.2) is 90.0 Å². The molecule has 4 aromatic rings. The van der Waals surface area contributed by atoms with Gasteiger partial charge in [0.1, 0.15) is 11.9 Å². The van der Waals surface area contributed by atoms with E-state index in [4.69, 9.17) is 0 Å². The zero-order chi connectivity index (χ0) is 24.4. The number of para-hydroxylation sites is 1. The zero-order valence-corrected chi connectivity index (χ0v) is 19.7. The second kappa shape index (κ2) is 9.56. The van der Waals surface area contributed by atoms with Crippen LogP contribution >= 0.6 is 0 Å². The lowest BCUT2D eigenvalue weighted by atomic mass is 10.0. The van der Waals surface area contributed by atoms with Crippen LogP contribution in [-0.2, 0) is 21.4 Å². The maximum atomic E-state index is 13.2. The Kier molecular flexibility index (Phi) is 6.32. The molecule has 5 rings (SSSR count). The fourth-order valence-corrected chi connectivity index (χ4v) is 6.09. The van der Waals surface area contributed by atoms with Gasteiger partial charge in [0.25, 0.3) is 0 Å². The number of sulfonamides is 1. The Morgan fingerprint density at radius 2 is 1.80 bits per heavy atom. The first-order valence-corrected chi connectivity index (χ1v) is 12.8. The van der Waals surface area contributed by atoms with Gasteiger partial charge in [0.15, 0.2) is 0 Å². The van der Waals surface area contributed by atoms with Crippen LogP contribution < -0.4 is 5.32 Å². The first kappa shape index (κ1) is 23.1. The molecule has 1 aliphatic rings. The maximum Gasteiger partial charge on any atom is 0.243 e. The average Bonchev–Trinajstić information content (AvgIpc) is 3.39. The number of amides is 1. The minimum Gasteiger partial charge on any atom is -0.351 e. The van der Waals surface area contributed by atoms with Crippen molar-refractivity contribution < 1.29 is 17.6 Å². The monoisotopic (exact) mass is 489 g/mol. The van der Waals surface area contributed by atoms with E-state index in [2.05, 4.69) is 16.4 Å². The van der Waals surface area contributed by atoms with Crippen LogP contribution in [0.1, 0.15) is 18.4 Å². The molecule has 1 amide bonds. The van der Waals surface area contributed by atoms with E-state index in [1.54, 1.807) is 0 Å². The predicted molar refractivity (Wildman–Crippen MR) is 132 cm³/mol. The molecule has 1 saturated heterocycles. The third-order valence-electron chi connectivity index (χ3n) is 6.24. The topological polar surface area (TPSA) is 79.4 Å². The van der Waals surface area contributed by atoms with E-state index in [-0.39, 0.29) is 23.9 Å². The third-order valence-corrected chi connectivity index (χ3v) is 8.17. The van der Waals surface area contributed by atoms with Crippen molar-refractivity contribution in [3.05, 3.63) is 96.4 Å². The molecule has 1 aliphatic heterocycles. The number of halogens is 1. The minimum absolute atomic E-state index is 0.0182. The second-order valence-corrected chi connectivity index (χ2v) is 10.5. The summed E-state index contributed by atoms with van der Waals surface area (Å²) in [5, 5.41) is 3.94. The van der Waals surface area contributed by atoms with Crippen molar-refractivity contribution in [1.29, 1.82) is 0 Å². The SMILES string of the molecule is O=C(NCc1cccc(-c2cnc3ccccc3c2)c1)[C@@H]1CCCN1S(=O)(=O)c1ccc(F)cc1. The van der Waals surface area contributed by atoms with Crippen molar-refractivity contribution in [2.75, 3.05) is 6.54 Å². The van der Waals surface area contributed by atoms with E-state index in [0.29, 0.717) is 12.8 Å². The van der Waals surface area contributed by atoms with Crippen LogP contribution in [-0.4, -0.2) is 36.2 Å². The zero-order valence-electron chi connectivity index (χ0n) is 18.9. The van der Waals surface area contributed by atoms with Gasteiger partial charge in [-0.1, -0.05) is 36.4 Å². The van der Waals surface area contributed by atoms with Crippen LogP contribution in [0.2, 0.25) is 0 Å². The molecule has 0 spiro atoms. The van der Waals surface area contributed by atoms with Gasteiger partial charge in [0.2, 0.25) is 15.9 Å². The summed E-state index contributed by atoms with van der Waals surface area (Å²) in [4.78, 5) is 17.5. The Bertz CT molecular complexity index is 1490. The normalized spacial score (nSPS) is 16.4. The van der Waals surface area contributed by atoms with Gasteiger partial charge in [-0.25, -0.2) is 12.8 Å². The first-order valence-electron chi connectivity index (χ1n) is 11.4. The van der Waals surface area contributed by atoms with E-state index >= 15 is 0 Å². The van der Waals surface area contributed by atoms with Crippen molar-refractivity contribution in [3.8, 4) is 11.1 Å². The van der Waals surface area contributed by atoms with Gasteiger partial charge >= 0.3 is 0 Å². The van der Waals surface area contributed by atoms with Crippen molar-refractivity contribution >= 4 is 26.8 Å². The smallest absolute Gasteiger partial charge is 0.243 e. The van der Waals surface area contributed by atoms with Crippen LogP contribution in [0, 0.1) is 5.82 Å². The van der Waals surface area contributed by atoms with Crippen molar-refractivity contribution in [2.45, 2.75) is 30.3 Å². The van der Waals surface area contributed by atoms with Gasteiger partial charge in [0, 0.05) is 30.2 Å². The quantitative estimate of drug-likeness (QED) is 0.432. The maximum absolute atomic E-state index is 13.2. The molecule has 0 saturated carbocycles. The molecule has 1 atom stereocenters. The first-order chi connectivity index (χ1) is 16.9. The lowest BCUT2D eigenvalue weighted by molar-refractivity contribution is -0.124. The second-order valence-electron chi connectivity index (χ2n) is 8.56. The van der Waals surface area contributed by atoms with E-state index in [1.807, 2.05) is 54.7 Å². The average molecular weight is 490 g/mol. The molecule has 8 heteroatoms. The number of nitrogens with zero attached hydrogens (tertiary/aromatic N) is 2. The number of fused-ring (bicyclic) bond motifs is 1. The number of hydrogen-bond acceptors (Lipinski definition) is 4. The highest BCUT2D eigenvalue weighted by Crippen LogP contribution is 2.27. The van der Waals surface area contributed by atoms with Gasteiger partial charge in [-0.05, 0) is 66.4 Å². The van der Waals surface area contributed by atoms with Gasteiger partial charge in [0.05, 0.1) is 10.4 Å². The molecule has 1 N–H and O–H groups in total. The summed E-state index contributed by atoms with van der Waals surface area (Å²) in [5.41, 5.74) is 3.78. The fourth-order valence-electron chi connectivity index (χ4n) is 4.43. The number of aromatic nitrogens is 1. The Morgan fingerprint density at radius 3 is 2.63 bits per heavy atom. The van der Waals surface area contributed by atoms with Crippen LogP contribution in [0.3, 0.4) is 0 Å². The Hall–Kier alpha value is -3.62. The molecule has 2 heterocycles. The number of nitrogens with one attached hydrogen (secondary N) is 1. The molecule has 0 unspecified atom stereocenters. The summed E-state index contributed by atoms with van der Waals surface area (Å²) in [7, 11) is -3.89. The number of pyridine rings is 1. The van der Waals surface area contributed by atoms with Crippen LogP contribution in [0.5, 0.6) is 0 Å². The molecule has 0 bridgehead atoms. The molecule has 1 fully saturated rings. The Balaban J connectivity index is 1.29. The Labute approximate surface area is 203 Å². The molecule has 0 radical (unpaired) electrons.